The summed E-state index contributed by atoms with van der Waals surface area (Å²) in [4.78, 5) is 4.50. The SMILES string of the molecule is Cc1nc2ccc(C3(N)CCCCC3)cc2s1. The Morgan fingerprint density at radius 3 is 2.76 bits per heavy atom. The molecule has 0 saturated heterocycles. The molecule has 1 aromatic heterocycles. The van der Waals surface area contributed by atoms with E-state index in [1.807, 2.05) is 0 Å². The largest absolute Gasteiger partial charge is 0.321 e. The summed E-state index contributed by atoms with van der Waals surface area (Å²) in [5.41, 5.74) is 8.88. The van der Waals surface area contributed by atoms with Crippen LogP contribution in [0.2, 0.25) is 0 Å². The van der Waals surface area contributed by atoms with Crippen LogP contribution in [0, 0.1) is 6.92 Å². The maximum atomic E-state index is 6.56. The fourth-order valence-electron chi connectivity index (χ4n) is 2.82. The van der Waals surface area contributed by atoms with E-state index >= 15 is 0 Å². The fraction of sp³-hybridized carbons (Fsp3) is 0.500. The van der Waals surface area contributed by atoms with E-state index in [1.165, 1.54) is 29.5 Å². The molecule has 3 rings (SSSR count). The molecule has 0 unspecified atom stereocenters. The van der Waals surface area contributed by atoms with Gasteiger partial charge < -0.3 is 5.73 Å². The van der Waals surface area contributed by atoms with Crippen LogP contribution in [0.25, 0.3) is 10.2 Å². The molecule has 1 heterocycles. The van der Waals surface area contributed by atoms with Crippen molar-refractivity contribution in [2.24, 2.45) is 5.73 Å². The Hall–Kier alpha value is -0.930. The molecule has 2 aromatic rings. The highest BCUT2D eigenvalue weighted by atomic mass is 32.1. The number of aryl methyl sites for hydroxylation is 1. The van der Waals surface area contributed by atoms with Crippen molar-refractivity contribution in [2.45, 2.75) is 44.6 Å². The van der Waals surface area contributed by atoms with Crippen molar-refractivity contribution < 1.29 is 0 Å². The number of benzene rings is 1. The monoisotopic (exact) mass is 246 g/mol. The zero-order valence-electron chi connectivity index (χ0n) is 10.2. The Morgan fingerprint density at radius 1 is 1.24 bits per heavy atom. The molecule has 1 aliphatic rings. The van der Waals surface area contributed by atoms with E-state index in [-0.39, 0.29) is 5.54 Å². The van der Waals surface area contributed by atoms with Crippen LogP contribution in [0.5, 0.6) is 0 Å². The molecule has 1 aromatic carbocycles. The number of fused-ring (bicyclic) bond motifs is 1. The number of hydrogen-bond donors (Lipinski definition) is 1. The number of nitrogens with two attached hydrogens (primary N) is 1. The van der Waals surface area contributed by atoms with E-state index in [0.717, 1.165) is 23.4 Å². The molecular weight excluding hydrogens is 228 g/mol. The van der Waals surface area contributed by atoms with Gasteiger partial charge in [0, 0.05) is 5.54 Å². The van der Waals surface area contributed by atoms with Gasteiger partial charge in [-0.1, -0.05) is 25.3 Å². The quantitative estimate of drug-likeness (QED) is 0.833. The maximum absolute atomic E-state index is 6.56. The standard InChI is InChI=1S/C14H18N2S/c1-10-16-12-6-5-11(9-13(12)17-10)14(15)7-3-2-4-8-14/h5-6,9H,2-4,7-8,15H2,1H3. The van der Waals surface area contributed by atoms with Crippen LogP contribution in [0.1, 0.15) is 42.7 Å². The average Bonchev–Trinajstić information content (AvgIpc) is 2.69. The third-order valence-electron chi connectivity index (χ3n) is 3.82. The lowest BCUT2D eigenvalue weighted by Crippen LogP contribution is -2.38. The minimum Gasteiger partial charge on any atom is -0.321 e. The summed E-state index contributed by atoms with van der Waals surface area (Å²) in [6.07, 6.45) is 6.10. The molecule has 0 amide bonds. The third-order valence-corrected chi connectivity index (χ3v) is 4.75. The van der Waals surface area contributed by atoms with Gasteiger partial charge in [0.05, 0.1) is 15.2 Å². The average molecular weight is 246 g/mol. The first-order valence-corrected chi connectivity index (χ1v) is 7.16. The van der Waals surface area contributed by atoms with Gasteiger partial charge in [-0.3, -0.25) is 0 Å². The zero-order chi connectivity index (χ0) is 11.9. The second-order valence-corrected chi connectivity index (χ2v) is 6.37. The van der Waals surface area contributed by atoms with Crippen LogP contribution in [0.3, 0.4) is 0 Å². The zero-order valence-corrected chi connectivity index (χ0v) is 11.0. The van der Waals surface area contributed by atoms with E-state index in [2.05, 4.69) is 30.1 Å². The Kier molecular flexibility index (Phi) is 2.68. The van der Waals surface area contributed by atoms with Gasteiger partial charge in [-0.05, 0) is 37.5 Å². The molecule has 2 N–H and O–H groups in total. The minimum absolute atomic E-state index is 0.0929. The molecule has 0 aliphatic heterocycles. The van der Waals surface area contributed by atoms with E-state index in [1.54, 1.807) is 11.3 Å². The predicted molar refractivity (Wildman–Crippen MR) is 73.3 cm³/mol. The maximum Gasteiger partial charge on any atom is 0.0907 e. The first kappa shape index (κ1) is 11.2. The third kappa shape index (κ3) is 1.98. The molecule has 0 radical (unpaired) electrons. The summed E-state index contributed by atoms with van der Waals surface area (Å²) in [6, 6.07) is 6.55. The lowest BCUT2D eigenvalue weighted by Gasteiger charge is -2.33. The van der Waals surface area contributed by atoms with Gasteiger partial charge in [-0.25, -0.2) is 4.98 Å². The van der Waals surface area contributed by atoms with Gasteiger partial charge in [0.25, 0.3) is 0 Å². The normalized spacial score (nSPS) is 19.6. The highest BCUT2D eigenvalue weighted by Gasteiger charge is 2.29. The van der Waals surface area contributed by atoms with E-state index in [9.17, 15) is 0 Å². The van der Waals surface area contributed by atoms with Crippen molar-refractivity contribution in [3.05, 3.63) is 28.8 Å². The Balaban J connectivity index is 2.04. The molecule has 17 heavy (non-hydrogen) atoms. The Morgan fingerprint density at radius 2 is 2.00 bits per heavy atom. The summed E-state index contributed by atoms with van der Waals surface area (Å²) >= 11 is 1.76. The van der Waals surface area contributed by atoms with Gasteiger partial charge in [0.1, 0.15) is 0 Å². The van der Waals surface area contributed by atoms with Gasteiger partial charge >= 0.3 is 0 Å². The number of nitrogens with zero attached hydrogens (tertiary/aromatic N) is 1. The molecule has 2 nitrogen and oxygen atoms in total. The van der Waals surface area contributed by atoms with Crippen LogP contribution >= 0.6 is 11.3 Å². The fourth-order valence-corrected chi connectivity index (χ4v) is 3.69. The lowest BCUT2D eigenvalue weighted by molar-refractivity contribution is 0.302. The van der Waals surface area contributed by atoms with Crippen molar-refractivity contribution in [3.63, 3.8) is 0 Å². The molecule has 0 spiro atoms. The summed E-state index contributed by atoms with van der Waals surface area (Å²) in [5.74, 6) is 0. The van der Waals surface area contributed by atoms with E-state index < -0.39 is 0 Å². The molecule has 3 heteroatoms. The lowest BCUT2D eigenvalue weighted by atomic mass is 9.77. The van der Waals surface area contributed by atoms with Crippen LogP contribution in [0.15, 0.2) is 18.2 Å². The van der Waals surface area contributed by atoms with E-state index in [0.29, 0.717) is 0 Å². The highest BCUT2D eigenvalue weighted by Crippen LogP contribution is 2.36. The molecule has 1 aliphatic carbocycles. The molecule has 0 bridgehead atoms. The Bertz CT molecular complexity index is 538. The van der Waals surface area contributed by atoms with Crippen molar-refractivity contribution >= 4 is 21.6 Å². The van der Waals surface area contributed by atoms with Crippen molar-refractivity contribution in [3.8, 4) is 0 Å². The van der Waals surface area contributed by atoms with Gasteiger partial charge in [-0.15, -0.1) is 11.3 Å². The summed E-state index contributed by atoms with van der Waals surface area (Å²) in [6.45, 7) is 2.06. The number of hydrogen-bond acceptors (Lipinski definition) is 3. The van der Waals surface area contributed by atoms with Crippen LogP contribution in [0.4, 0.5) is 0 Å². The Labute approximate surface area is 106 Å². The second-order valence-electron chi connectivity index (χ2n) is 5.13. The molecule has 1 fully saturated rings. The topological polar surface area (TPSA) is 38.9 Å². The first-order valence-electron chi connectivity index (χ1n) is 6.34. The second kappa shape index (κ2) is 4.07. The van der Waals surface area contributed by atoms with Crippen molar-refractivity contribution in [1.29, 1.82) is 0 Å². The molecule has 1 saturated carbocycles. The summed E-state index contributed by atoms with van der Waals surface area (Å²) in [5, 5.41) is 1.13. The number of aromatic nitrogens is 1. The van der Waals surface area contributed by atoms with Gasteiger partial charge in [-0.2, -0.15) is 0 Å². The summed E-state index contributed by atoms with van der Waals surface area (Å²) < 4.78 is 1.27. The van der Waals surface area contributed by atoms with Gasteiger partial charge in [0.15, 0.2) is 0 Å². The smallest absolute Gasteiger partial charge is 0.0907 e. The predicted octanol–water partition coefficient (Wildman–Crippen LogP) is 3.72. The first-order chi connectivity index (χ1) is 8.17. The van der Waals surface area contributed by atoms with Crippen LogP contribution in [-0.4, -0.2) is 4.98 Å². The van der Waals surface area contributed by atoms with Crippen molar-refractivity contribution in [2.75, 3.05) is 0 Å². The van der Waals surface area contributed by atoms with Crippen LogP contribution in [-0.2, 0) is 5.54 Å². The van der Waals surface area contributed by atoms with Crippen molar-refractivity contribution in [1.82, 2.24) is 4.98 Å². The van der Waals surface area contributed by atoms with Crippen LogP contribution < -0.4 is 5.73 Å². The molecule has 0 atom stereocenters. The minimum atomic E-state index is -0.0929. The number of thiazole rings is 1. The molecular formula is C14H18N2S. The number of rotatable bonds is 1. The molecule has 90 valence electrons. The van der Waals surface area contributed by atoms with E-state index in [4.69, 9.17) is 5.73 Å². The van der Waals surface area contributed by atoms with Gasteiger partial charge in [0.2, 0.25) is 0 Å². The summed E-state index contributed by atoms with van der Waals surface area (Å²) in [7, 11) is 0. The highest BCUT2D eigenvalue weighted by molar-refractivity contribution is 7.18.